The number of fused-ring (bicyclic) bond motifs is 4. The van der Waals surface area contributed by atoms with Gasteiger partial charge in [-0.25, -0.2) is 31.1 Å². The average molecular weight is 875 g/mol. The third-order valence-corrected chi connectivity index (χ3v) is 12.5. The second kappa shape index (κ2) is 14.8. The lowest BCUT2D eigenvalue weighted by atomic mass is 9.67. The summed E-state index contributed by atoms with van der Waals surface area (Å²) in [5.41, 5.74) is -20.3. The zero-order chi connectivity index (χ0) is 44.8. The molecule has 0 radical (unpaired) electrons. The van der Waals surface area contributed by atoms with E-state index in [2.05, 4.69) is 18.9 Å². The Kier molecular flexibility index (Phi) is 12.8. The Morgan fingerprint density at radius 3 is 1.14 bits per heavy atom. The van der Waals surface area contributed by atoms with Crippen LogP contribution < -0.4 is 0 Å². The molecule has 0 aromatic rings. The second-order valence-corrected chi connectivity index (χ2v) is 16.6. The highest BCUT2D eigenvalue weighted by molar-refractivity contribution is 5.61. The fraction of sp³-hybridized carbons (Fsp3) is 0.971. The molecule has 336 valence electrons. The summed E-state index contributed by atoms with van der Waals surface area (Å²) in [5.74, 6) is -18.7. The van der Waals surface area contributed by atoms with Crippen LogP contribution in [0.3, 0.4) is 0 Å². The highest BCUT2D eigenvalue weighted by atomic mass is 19.4. The average Bonchev–Trinajstić information content (AvgIpc) is 3.60. The van der Waals surface area contributed by atoms with E-state index in [1.807, 2.05) is 0 Å². The minimum Gasteiger partial charge on any atom is -0.429 e. The van der Waals surface area contributed by atoms with E-state index in [4.69, 9.17) is 0 Å². The highest BCUT2D eigenvalue weighted by Crippen LogP contribution is 2.71. The number of rotatable bonds is 9. The molecular formula is C34H44F18O5. The number of halogens is 18. The van der Waals surface area contributed by atoms with E-state index in [1.165, 1.54) is 34.6 Å². The van der Waals surface area contributed by atoms with Gasteiger partial charge < -0.3 is 18.9 Å². The van der Waals surface area contributed by atoms with Gasteiger partial charge in [0.1, 0.15) is 12.4 Å². The van der Waals surface area contributed by atoms with Gasteiger partial charge in [0.25, 0.3) is 17.4 Å². The third kappa shape index (κ3) is 7.87. The van der Waals surface area contributed by atoms with Crippen LogP contribution in [0.5, 0.6) is 0 Å². The summed E-state index contributed by atoms with van der Waals surface area (Å²) >= 11 is 0. The Labute approximate surface area is 315 Å². The minimum absolute atomic E-state index is 0.276. The molecule has 4 saturated carbocycles. The number of ether oxygens (including phenoxy) is 4. The van der Waals surface area contributed by atoms with Gasteiger partial charge in [0.15, 0.2) is 11.3 Å². The van der Waals surface area contributed by atoms with Crippen LogP contribution in [0.2, 0.25) is 0 Å². The van der Waals surface area contributed by atoms with Crippen molar-refractivity contribution in [3.8, 4) is 0 Å². The molecule has 0 aromatic heterocycles. The van der Waals surface area contributed by atoms with E-state index < -0.39 is 151 Å². The van der Waals surface area contributed by atoms with Crippen LogP contribution in [0.4, 0.5) is 83.8 Å². The molecule has 4 rings (SSSR count). The van der Waals surface area contributed by atoms with E-state index in [1.54, 1.807) is 0 Å². The van der Waals surface area contributed by atoms with Crippen LogP contribution in [0.25, 0.3) is 0 Å². The monoisotopic (exact) mass is 874 g/mol. The molecule has 0 aliphatic heterocycles. The van der Waals surface area contributed by atoms with Gasteiger partial charge in [0, 0.05) is 43.1 Å². The number of hydrogen-bond acceptors (Lipinski definition) is 5. The smallest absolute Gasteiger partial charge is 0.429 e. The van der Waals surface area contributed by atoms with E-state index in [0.29, 0.717) is 0 Å². The van der Waals surface area contributed by atoms with Gasteiger partial charge in [-0.2, -0.15) is 52.7 Å². The third-order valence-electron chi connectivity index (χ3n) is 12.5. The molecule has 4 fully saturated rings. The number of alkyl halides is 18. The van der Waals surface area contributed by atoms with E-state index in [-0.39, 0.29) is 6.61 Å². The van der Waals surface area contributed by atoms with Gasteiger partial charge in [-0.05, 0) is 64.2 Å². The van der Waals surface area contributed by atoms with Crippen LogP contribution >= 0.6 is 0 Å². The molecule has 23 heteroatoms. The lowest BCUT2D eigenvalue weighted by molar-refractivity contribution is -0.407. The van der Waals surface area contributed by atoms with Crippen LogP contribution in [0.1, 0.15) is 81.1 Å². The Hall–Kier alpha value is -2.07. The van der Waals surface area contributed by atoms with Gasteiger partial charge in [-0.1, -0.05) is 27.7 Å². The molecule has 4 aliphatic carbocycles. The molecule has 5 nitrogen and oxygen atoms in total. The van der Waals surface area contributed by atoms with E-state index in [9.17, 15) is 75.0 Å². The number of hydrogen-bond donors (Lipinski definition) is 0. The molecular weight excluding hydrogens is 830 g/mol. The van der Waals surface area contributed by atoms with Gasteiger partial charge in [0.2, 0.25) is 0 Å². The highest BCUT2D eigenvalue weighted by Gasteiger charge is 2.85. The van der Waals surface area contributed by atoms with Crippen LogP contribution in [-0.2, 0) is 18.9 Å². The first-order chi connectivity index (χ1) is 25.2. The largest absolute Gasteiger partial charge is 0.510 e. The molecule has 0 N–H and O–H groups in total. The molecule has 57 heavy (non-hydrogen) atoms. The summed E-state index contributed by atoms with van der Waals surface area (Å²) in [6.07, 6.45) is -34.0. The van der Waals surface area contributed by atoms with Gasteiger partial charge in [-0.15, -0.1) is 0 Å². The van der Waals surface area contributed by atoms with Crippen molar-refractivity contribution in [2.45, 2.75) is 146 Å². The molecule has 0 saturated heterocycles. The lowest BCUT2D eigenvalue weighted by Gasteiger charge is -2.47. The molecule has 0 heterocycles. The van der Waals surface area contributed by atoms with Crippen molar-refractivity contribution in [3.05, 3.63) is 0 Å². The minimum atomic E-state index is -6.44. The van der Waals surface area contributed by atoms with Crippen molar-refractivity contribution in [1.29, 1.82) is 0 Å². The van der Waals surface area contributed by atoms with Crippen molar-refractivity contribution < 1.29 is 103 Å². The molecule has 10 atom stereocenters. The quantitative estimate of drug-likeness (QED) is 0.1000. The lowest BCUT2D eigenvalue weighted by Crippen LogP contribution is -2.66. The van der Waals surface area contributed by atoms with E-state index >= 15 is 8.78 Å². The molecule has 0 amide bonds. The zero-order valence-corrected chi connectivity index (χ0v) is 31.7. The fourth-order valence-corrected chi connectivity index (χ4v) is 9.10. The van der Waals surface area contributed by atoms with Gasteiger partial charge in [-0.3, -0.25) is 0 Å². The molecule has 0 aromatic carbocycles. The van der Waals surface area contributed by atoms with Crippen molar-refractivity contribution >= 4 is 6.16 Å². The maximum atomic E-state index is 15.6. The zero-order valence-electron chi connectivity index (χ0n) is 31.7. The van der Waals surface area contributed by atoms with Crippen molar-refractivity contribution in [3.63, 3.8) is 0 Å². The summed E-state index contributed by atoms with van der Waals surface area (Å²) in [6.45, 7) is 8.38. The summed E-state index contributed by atoms with van der Waals surface area (Å²) in [7, 11) is 0. The molecule has 0 spiro atoms. The van der Waals surface area contributed by atoms with Crippen molar-refractivity contribution in [1.82, 2.24) is 0 Å². The first-order valence-corrected chi connectivity index (χ1v) is 17.7. The predicted octanol–water partition coefficient (Wildman–Crippen LogP) is 12.0. The SMILES string of the molecule is CC1C(C)C2CC1C(F)(F)C2(F)CC(OC(=O)OC(C)(C)C)(C(F)(F)F)C(F)(F)F.CCOCOC(CC1(F)C2CC(C(C)C2C)C1(F)F)(C(F)(F)F)C(F)(F)F. The first kappa shape index (κ1) is 49.3. The van der Waals surface area contributed by atoms with Crippen LogP contribution in [-0.4, -0.2) is 84.2 Å². The maximum Gasteiger partial charge on any atom is 0.510 e. The summed E-state index contributed by atoms with van der Waals surface area (Å²) in [6, 6.07) is 0. The number of carbonyl (C=O) groups is 1. The Balaban J connectivity index is 0.000000307. The van der Waals surface area contributed by atoms with Gasteiger partial charge >= 0.3 is 36.5 Å². The van der Waals surface area contributed by atoms with Crippen molar-refractivity contribution in [2.75, 3.05) is 13.4 Å². The molecule has 4 aliphatic rings. The van der Waals surface area contributed by atoms with Crippen molar-refractivity contribution in [2.24, 2.45) is 47.3 Å². The summed E-state index contributed by atoms with van der Waals surface area (Å²) in [4.78, 5) is 11.7. The van der Waals surface area contributed by atoms with Crippen LogP contribution in [0.15, 0.2) is 0 Å². The Morgan fingerprint density at radius 1 is 0.544 bits per heavy atom. The number of carbonyl (C=O) groups excluding carboxylic acids is 1. The Bertz CT molecular complexity index is 1410. The Morgan fingerprint density at radius 2 is 0.860 bits per heavy atom. The van der Waals surface area contributed by atoms with E-state index in [0.717, 1.165) is 20.8 Å². The topological polar surface area (TPSA) is 54.0 Å². The van der Waals surface area contributed by atoms with Gasteiger partial charge in [0.05, 0.1) is 0 Å². The predicted molar refractivity (Wildman–Crippen MR) is 161 cm³/mol. The summed E-state index contributed by atoms with van der Waals surface area (Å²) < 4.78 is 269. The molecule has 10 unspecified atom stereocenters. The second-order valence-electron chi connectivity index (χ2n) is 16.6. The molecule has 4 bridgehead atoms. The van der Waals surface area contributed by atoms with Crippen LogP contribution in [0, 0.1) is 47.3 Å². The maximum absolute atomic E-state index is 15.6. The standard InChI is InChI=1S/C18H23F9O3.C16H21F9O2/c1-8-9(2)11-6-10(8)14(19,16(11,20)21)7-15(17(22,23)24,18(25,26)27)30-12(28)29-13(3,4)5;1-4-26-7-27-13(15(20,21)22,16(23,24)25)6-12(17)10-5-11(14(12,18)19)9(3)8(10)2/h8-11H,6-7H2,1-5H3;8-11H,4-7H2,1-3H3. The normalized spacial score (nSPS) is 35.3. The summed E-state index contributed by atoms with van der Waals surface area (Å²) in [5, 5.41) is 0. The first-order valence-electron chi connectivity index (χ1n) is 17.7. The fourth-order valence-electron chi connectivity index (χ4n) is 9.10.